The van der Waals surface area contributed by atoms with Crippen molar-refractivity contribution in [2.75, 3.05) is 23.4 Å². The molecule has 3 aromatic rings. The van der Waals surface area contributed by atoms with Crippen molar-refractivity contribution in [1.29, 1.82) is 0 Å². The van der Waals surface area contributed by atoms with E-state index in [9.17, 15) is 4.79 Å². The summed E-state index contributed by atoms with van der Waals surface area (Å²) in [6, 6.07) is 22.4. The topological polar surface area (TPSA) is 50.8 Å². The minimum Gasteiger partial charge on any atom is -0.490 e. The number of carbonyl (C=O) groups excluding carboxylic acids is 1. The smallest absolute Gasteiger partial charge is 0.259 e. The van der Waals surface area contributed by atoms with Crippen LogP contribution < -0.4 is 19.7 Å². The van der Waals surface area contributed by atoms with E-state index in [1.807, 2.05) is 66.9 Å². The van der Waals surface area contributed by atoms with Crippen LogP contribution in [-0.4, -0.2) is 41.7 Å². The zero-order valence-electron chi connectivity index (χ0n) is 23.7. The molecule has 7 heteroatoms. The lowest BCUT2D eigenvalue weighted by Crippen LogP contribution is -2.47. The fourth-order valence-electron chi connectivity index (χ4n) is 5.39. The van der Waals surface area contributed by atoms with E-state index in [-0.39, 0.29) is 17.2 Å². The number of para-hydroxylation sites is 2. The molecule has 1 N–H and O–H groups in total. The van der Waals surface area contributed by atoms with Crippen LogP contribution in [-0.2, 0) is 0 Å². The normalized spacial score (nSPS) is 22.4. The van der Waals surface area contributed by atoms with Crippen LogP contribution in [0.2, 0.25) is 0 Å². The average Bonchev–Trinajstić information content (AvgIpc) is 3.03. The van der Waals surface area contributed by atoms with Gasteiger partial charge in [-0.2, -0.15) is 0 Å². The molecule has 42 heavy (non-hydrogen) atoms. The Labute approximate surface area is 256 Å². The molecule has 3 aromatic carbocycles. The minimum absolute atomic E-state index is 0.0143. The van der Waals surface area contributed by atoms with Crippen molar-refractivity contribution >= 4 is 40.8 Å². The minimum atomic E-state index is -0.0355. The third kappa shape index (κ3) is 5.90. The van der Waals surface area contributed by atoms with Gasteiger partial charge < -0.3 is 14.8 Å². The fourth-order valence-corrected chi connectivity index (χ4v) is 7.83. The Kier molecular flexibility index (Phi) is 8.77. The van der Waals surface area contributed by atoms with E-state index >= 15 is 0 Å². The highest BCUT2D eigenvalue weighted by Gasteiger charge is 2.37. The van der Waals surface area contributed by atoms with Crippen LogP contribution in [0.4, 0.5) is 11.4 Å². The second-order valence-corrected chi connectivity index (χ2v) is 12.5. The van der Waals surface area contributed by atoms with Crippen LogP contribution in [0.15, 0.2) is 125 Å². The highest BCUT2D eigenvalue weighted by atomic mass is 32.2. The van der Waals surface area contributed by atoms with Crippen LogP contribution in [0.5, 0.6) is 11.5 Å². The van der Waals surface area contributed by atoms with Gasteiger partial charge in [0.2, 0.25) is 0 Å². The van der Waals surface area contributed by atoms with Gasteiger partial charge in [-0.05, 0) is 56.3 Å². The highest BCUT2D eigenvalue weighted by Crippen LogP contribution is 2.44. The summed E-state index contributed by atoms with van der Waals surface area (Å²) in [5.41, 5.74) is 2.81. The molecule has 0 bridgehead atoms. The maximum absolute atomic E-state index is 13.6. The van der Waals surface area contributed by atoms with Gasteiger partial charge in [0.1, 0.15) is 0 Å². The van der Waals surface area contributed by atoms with Crippen molar-refractivity contribution in [2.45, 2.75) is 46.2 Å². The van der Waals surface area contributed by atoms with Gasteiger partial charge in [-0.3, -0.25) is 9.69 Å². The number of hydrogen-bond acceptors (Lipinski definition) is 6. The Hall–Kier alpha value is -3.81. The predicted octanol–water partition coefficient (Wildman–Crippen LogP) is 8.17. The SMILES string of the molecule is C1=CC2Nc3ccccc3SC2C=C1.CCOc1ccc(C(=O)N2c3ccccc3SC3C=CC=CC32)cc1OCC. The summed E-state index contributed by atoms with van der Waals surface area (Å²) in [6.45, 7) is 4.91. The van der Waals surface area contributed by atoms with Crippen molar-refractivity contribution in [3.05, 3.63) is 121 Å². The van der Waals surface area contributed by atoms with E-state index in [0.717, 1.165) is 10.6 Å². The van der Waals surface area contributed by atoms with Crippen LogP contribution in [0.3, 0.4) is 0 Å². The third-order valence-corrected chi connectivity index (χ3v) is 9.95. The van der Waals surface area contributed by atoms with Gasteiger partial charge >= 0.3 is 0 Å². The number of ether oxygens (including phenoxy) is 2. The summed E-state index contributed by atoms with van der Waals surface area (Å²) < 4.78 is 11.4. The number of carbonyl (C=O) groups is 1. The summed E-state index contributed by atoms with van der Waals surface area (Å²) in [4.78, 5) is 18.0. The molecule has 214 valence electrons. The molecule has 5 nitrogen and oxygen atoms in total. The van der Waals surface area contributed by atoms with Crippen molar-refractivity contribution in [1.82, 2.24) is 0 Å². The molecule has 0 spiro atoms. The van der Waals surface area contributed by atoms with E-state index < -0.39 is 0 Å². The van der Waals surface area contributed by atoms with Crippen molar-refractivity contribution in [3.8, 4) is 11.5 Å². The lowest BCUT2D eigenvalue weighted by atomic mass is 10.0. The molecule has 2 heterocycles. The summed E-state index contributed by atoms with van der Waals surface area (Å²) in [5.74, 6) is 1.23. The Morgan fingerprint density at radius 3 is 2.26 bits per heavy atom. The lowest BCUT2D eigenvalue weighted by Gasteiger charge is -2.40. The molecule has 2 aliphatic carbocycles. The second kappa shape index (κ2) is 13.0. The monoisotopic (exact) mass is 594 g/mol. The van der Waals surface area contributed by atoms with Gasteiger partial charge in [-0.1, -0.05) is 72.9 Å². The fraction of sp³-hybridized carbons (Fsp3) is 0.229. The van der Waals surface area contributed by atoms with Gasteiger partial charge in [-0.15, -0.1) is 23.5 Å². The van der Waals surface area contributed by atoms with Gasteiger partial charge in [0.05, 0.1) is 41.5 Å². The van der Waals surface area contributed by atoms with Crippen LogP contribution >= 0.6 is 23.5 Å². The van der Waals surface area contributed by atoms with Crippen LogP contribution in [0.1, 0.15) is 24.2 Å². The molecule has 0 aromatic heterocycles. The number of anilines is 2. The quantitative estimate of drug-likeness (QED) is 0.322. The predicted molar refractivity (Wildman–Crippen MR) is 176 cm³/mol. The Bertz CT molecular complexity index is 1520. The zero-order valence-corrected chi connectivity index (χ0v) is 25.3. The van der Waals surface area contributed by atoms with E-state index in [4.69, 9.17) is 9.47 Å². The largest absolute Gasteiger partial charge is 0.490 e. The number of rotatable bonds is 5. The van der Waals surface area contributed by atoms with Gasteiger partial charge in [-0.25, -0.2) is 0 Å². The van der Waals surface area contributed by atoms with Crippen LogP contribution in [0, 0.1) is 0 Å². The molecule has 0 saturated carbocycles. The molecule has 0 fully saturated rings. The summed E-state index contributed by atoms with van der Waals surface area (Å²) >= 11 is 3.74. The number of fused-ring (bicyclic) bond motifs is 4. The molecule has 4 unspecified atom stereocenters. The van der Waals surface area contributed by atoms with Gasteiger partial charge in [0.15, 0.2) is 11.5 Å². The average molecular weight is 595 g/mol. The number of allylic oxidation sites excluding steroid dienone is 4. The van der Waals surface area contributed by atoms with E-state index in [1.165, 1.54) is 10.6 Å². The Morgan fingerprint density at radius 2 is 1.43 bits per heavy atom. The maximum atomic E-state index is 13.6. The van der Waals surface area contributed by atoms with Gasteiger partial charge in [0.25, 0.3) is 5.91 Å². The maximum Gasteiger partial charge on any atom is 0.259 e. The molecule has 0 radical (unpaired) electrons. The highest BCUT2D eigenvalue weighted by molar-refractivity contribution is 8.00. The van der Waals surface area contributed by atoms with Gasteiger partial charge in [0, 0.05) is 21.0 Å². The first kappa shape index (κ1) is 28.3. The first-order valence-corrected chi connectivity index (χ1v) is 16.1. The number of amides is 1. The summed E-state index contributed by atoms with van der Waals surface area (Å²) in [6.07, 6.45) is 17.1. The lowest BCUT2D eigenvalue weighted by molar-refractivity contribution is 0.0980. The van der Waals surface area contributed by atoms with E-state index in [1.54, 1.807) is 17.8 Å². The summed E-state index contributed by atoms with van der Waals surface area (Å²) in [7, 11) is 0. The first-order chi connectivity index (χ1) is 20.7. The van der Waals surface area contributed by atoms with Crippen molar-refractivity contribution in [3.63, 3.8) is 0 Å². The number of nitrogens with zero attached hydrogens (tertiary/aromatic N) is 1. The second-order valence-electron chi connectivity index (χ2n) is 10.0. The molecule has 0 saturated heterocycles. The molecule has 4 aliphatic rings. The molecular weight excluding hydrogens is 561 g/mol. The van der Waals surface area contributed by atoms with Crippen LogP contribution in [0.25, 0.3) is 0 Å². The summed E-state index contributed by atoms with van der Waals surface area (Å²) in [5, 5.41) is 4.30. The first-order valence-electron chi connectivity index (χ1n) is 14.4. The molecule has 4 atom stereocenters. The van der Waals surface area contributed by atoms with E-state index in [2.05, 4.69) is 78.2 Å². The van der Waals surface area contributed by atoms with Crippen molar-refractivity contribution < 1.29 is 14.3 Å². The van der Waals surface area contributed by atoms with E-state index in [0.29, 0.717) is 41.6 Å². The zero-order chi connectivity index (χ0) is 28.9. The third-order valence-electron chi connectivity index (χ3n) is 7.31. The standard InChI is InChI=1S/C23H23NO3S.C12H11NS/c1-3-26-19-14-13-16(15-20(19)27-4-2)23(25)24-17-9-5-7-11-21(17)28-22-12-8-6-10-18(22)24;1-3-7-11-9(5-1)13-10-6-2-4-8-12(10)14-11/h5-15,17,21H,3-4H2,1-2H3;1-9,11,13H. The molecule has 1 amide bonds. The number of benzene rings is 3. The van der Waals surface area contributed by atoms with Crippen molar-refractivity contribution in [2.24, 2.45) is 0 Å². The number of nitrogens with one attached hydrogen (secondary N) is 1. The number of thioether (sulfide) groups is 2. The molecular formula is C35H34N2O3S2. The Morgan fingerprint density at radius 1 is 0.762 bits per heavy atom. The number of hydrogen-bond donors (Lipinski definition) is 1. The molecule has 7 rings (SSSR count). The Balaban J connectivity index is 0.000000187. The molecule has 2 aliphatic heterocycles.